The van der Waals surface area contributed by atoms with Crippen LogP contribution in [0.25, 0.3) is 10.5 Å². The molecular weight excluding hydrogens is 606 g/mol. The van der Waals surface area contributed by atoms with Gasteiger partial charge in [-0.05, 0) is 18.9 Å². The number of rotatable bonds is 14. The Morgan fingerprint density at radius 2 is 1.98 bits per heavy atom. The zero-order valence-electron chi connectivity index (χ0n) is 24.7. The lowest BCUT2D eigenvalue weighted by Gasteiger charge is -2.14. The van der Waals surface area contributed by atoms with Crippen LogP contribution in [0, 0.1) is 17.0 Å². The van der Waals surface area contributed by atoms with E-state index in [1.165, 1.54) is 12.3 Å². The predicted octanol–water partition coefficient (Wildman–Crippen LogP) is 3.05. The first-order valence-corrected chi connectivity index (χ1v) is 14.7. The van der Waals surface area contributed by atoms with Crippen molar-refractivity contribution in [3.05, 3.63) is 74.0 Å². The molecule has 0 aliphatic rings. The number of amides is 3. The first-order valence-electron chi connectivity index (χ1n) is 13.9. The van der Waals surface area contributed by atoms with Gasteiger partial charge < -0.3 is 25.9 Å². The molecule has 0 saturated carbocycles. The molecule has 0 fully saturated rings. The van der Waals surface area contributed by atoms with Crippen molar-refractivity contribution in [1.29, 1.82) is 0 Å². The van der Waals surface area contributed by atoms with Gasteiger partial charge in [0.25, 0.3) is 11.6 Å². The Morgan fingerprint density at radius 3 is 2.64 bits per heavy atom. The highest BCUT2D eigenvalue weighted by atomic mass is 32.1. The molecule has 0 unspecified atom stereocenters. The molecule has 45 heavy (non-hydrogen) atoms. The number of unbranched alkanes of at least 4 members (excludes halogenated alkanes) is 1. The van der Waals surface area contributed by atoms with Crippen LogP contribution >= 0.6 is 11.3 Å². The van der Waals surface area contributed by atoms with Gasteiger partial charge in [-0.25, -0.2) is 15.0 Å². The van der Waals surface area contributed by atoms with Crippen molar-refractivity contribution in [1.82, 2.24) is 19.5 Å². The molecule has 0 atom stereocenters. The Kier molecular flexibility index (Phi) is 10.4. The van der Waals surface area contributed by atoms with E-state index in [9.17, 15) is 24.5 Å². The maximum atomic E-state index is 13.1. The van der Waals surface area contributed by atoms with Crippen molar-refractivity contribution >= 4 is 50.9 Å². The average molecular weight is 638 g/mol. The molecule has 3 amide bonds. The van der Waals surface area contributed by atoms with Crippen LogP contribution in [0.15, 0.2) is 39.9 Å². The zero-order valence-corrected chi connectivity index (χ0v) is 25.5. The third kappa shape index (κ3) is 7.56. The van der Waals surface area contributed by atoms with E-state index < -0.39 is 22.6 Å². The molecule has 17 heteroatoms. The maximum absolute atomic E-state index is 13.1. The molecule has 3 heterocycles. The van der Waals surface area contributed by atoms with Crippen LogP contribution in [0.5, 0.6) is 5.75 Å². The number of thiazole rings is 1. The molecule has 0 spiro atoms. The fraction of sp³-hybridized carbons (Fsp3) is 0.321. The molecule has 4 aromatic rings. The largest absolute Gasteiger partial charge is 0.491 e. The number of nitrogens with one attached hydrogen (secondary N) is 1. The van der Waals surface area contributed by atoms with Crippen LogP contribution in [0.3, 0.4) is 0 Å². The van der Waals surface area contributed by atoms with E-state index in [1.807, 2.05) is 13.8 Å². The Balaban J connectivity index is 1.64. The minimum atomic E-state index is -0.819. The molecule has 0 radical (unpaired) electrons. The van der Waals surface area contributed by atoms with E-state index in [2.05, 4.69) is 25.3 Å². The number of aromatic nitrogens is 4. The monoisotopic (exact) mass is 637 g/mol. The molecular formula is C28H31N9O7S. The number of ether oxygens (including phenoxy) is 1. The second-order valence-corrected chi connectivity index (χ2v) is 10.5. The smallest absolute Gasteiger partial charge is 0.317 e. The van der Waals surface area contributed by atoms with Gasteiger partial charge in [0, 0.05) is 31.6 Å². The third-order valence-electron chi connectivity index (χ3n) is 6.35. The van der Waals surface area contributed by atoms with Gasteiger partial charge in [-0.3, -0.25) is 29.1 Å². The number of aryl methyl sites for hydroxylation is 2. The molecule has 4 rings (SSSR count). The number of oxazole rings is 1. The van der Waals surface area contributed by atoms with Crippen molar-refractivity contribution in [3.63, 3.8) is 0 Å². The summed E-state index contributed by atoms with van der Waals surface area (Å²) in [4.78, 5) is 65.3. The highest BCUT2D eigenvalue weighted by Crippen LogP contribution is 2.36. The summed E-state index contributed by atoms with van der Waals surface area (Å²) in [6.45, 7) is 6.03. The highest BCUT2D eigenvalue weighted by Gasteiger charge is 2.23. The minimum Gasteiger partial charge on any atom is -0.491 e. The van der Waals surface area contributed by atoms with Gasteiger partial charge >= 0.3 is 5.91 Å². The van der Waals surface area contributed by atoms with Crippen molar-refractivity contribution in [2.45, 2.75) is 46.6 Å². The summed E-state index contributed by atoms with van der Waals surface area (Å²) in [6, 6.07) is 2.46. The maximum Gasteiger partial charge on any atom is 0.317 e. The summed E-state index contributed by atoms with van der Waals surface area (Å²) in [6.07, 6.45) is 6.66. The van der Waals surface area contributed by atoms with Crippen molar-refractivity contribution in [3.8, 4) is 5.75 Å². The van der Waals surface area contributed by atoms with Crippen molar-refractivity contribution in [2.75, 3.05) is 18.5 Å². The number of nitrogens with zero attached hydrogens (tertiary/aromatic N) is 6. The van der Waals surface area contributed by atoms with Gasteiger partial charge in [-0.15, -0.1) is 0 Å². The van der Waals surface area contributed by atoms with E-state index >= 15 is 0 Å². The van der Waals surface area contributed by atoms with Gasteiger partial charge in [0.15, 0.2) is 26.9 Å². The standard InChI is InChI=1S/C28H31N9O7S/c1-4-6-11-43-20-13-16(23(29)38)12-19(37(41)42)21(20)31-9-7-8-10-36-25-27(34-18(14-32-25)24(30)39)45-28(36)35-26(40)22-17(5-2)33-15(3)44-22/h7-8,12-14,31H,4-6,9-11H2,1-3H3,(H2,29,38)(H2,30,39)/b8-7+,35-28?. The summed E-state index contributed by atoms with van der Waals surface area (Å²) in [5, 5.41) is 14.8. The lowest BCUT2D eigenvalue weighted by molar-refractivity contribution is -0.384. The number of nitro benzene ring substituents is 1. The zero-order chi connectivity index (χ0) is 32.7. The molecule has 0 aliphatic heterocycles. The van der Waals surface area contributed by atoms with E-state index in [0.29, 0.717) is 41.5 Å². The molecule has 3 aromatic heterocycles. The van der Waals surface area contributed by atoms with E-state index in [0.717, 1.165) is 23.8 Å². The molecule has 0 saturated heterocycles. The second-order valence-electron chi connectivity index (χ2n) is 9.57. The SMILES string of the molecule is CCCCOc1cc(C(N)=O)cc([N+](=O)[O-])c1NC/C=C/Cn1c(=NC(=O)c2oc(C)nc2CC)sc2nc(C(N)=O)cnc21. The van der Waals surface area contributed by atoms with Gasteiger partial charge in [-0.2, -0.15) is 4.99 Å². The fourth-order valence-electron chi connectivity index (χ4n) is 4.16. The number of nitrogens with two attached hydrogens (primary N) is 2. The summed E-state index contributed by atoms with van der Waals surface area (Å²) in [5.41, 5.74) is 11.2. The molecule has 5 N–H and O–H groups in total. The molecule has 0 aliphatic carbocycles. The predicted molar refractivity (Wildman–Crippen MR) is 164 cm³/mol. The highest BCUT2D eigenvalue weighted by molar-refractivity contribution is 7.15. The molecule has 16 nitrogen and oxygen atoms in total. The number of nitro groups is 1. The summed E-state index contributed by atoms with van der Waals surface area (Å²) in [7, 11) is 0. The molecule has 1 aromatic carbocycles. The van der Waals surface area contributed by atoms with Crippen molar-refractivity contribution in [2.24, 2.45) is 16.5 Å². The van der Waals surface area contributed by atoms with Crippen LogP contribution in [-0.4, -0.2) is 55.3 Å². The first-order chi connectivity index (χ1) is 21.5. The molecule has 236 valence electrons. The normalized spacial score (nSPS) is 11.8. The van der Waals surface area contributed by atoms with Gasteiger partial charge in [0.2, 0.25) is 11.7 Å². The van der Waals surface area contributed by atoms with E-state index in [-0.39, 0.29) is 52.0 Å². The van der Waals surface area contributed by atoms with Crippen LogP contribution < -0.4 is 26.3 Å². The number of anilines is 1. The fourth-order valence-corrected chi connectivity index (χ4v) is 5.13. The number of benzene rings is 1. The number of hydrogen-bond donors (Lipinski definition) is 3. The van der Waals surface area contributed by atoms with Crippen LogP contribution in [0.1, 0.15) is 69.7 Å². The average Bonchev–Trinajstić information content (AvgIpc) is 3.55. The van der Waals surface area contributed by atoms with Gasteiger partial charge in [0.05, 0.1) is 23.4 Å². The van der Waals surface area contributed by atoms with Crippen LogP contribution in [0.2, 0.25) is 0 Å². The minimum absolute atomic E-state index is 0.0263. The number of carbonyl (C=O) groups excluding carboxylic acids is 3. The van der Waals surface area contributed by atoms with E-state index in [4.69, 9.17) is 20.6 Å². The van der Waals surface area contributed by atoms with Gasteiger partial charge in [-0.1, -0.05) is 43.8 Å². The Labute approximate surface area is 260 Å². The van der Waals surface area contributed by atoms with Crippen LogP contribution in [0.4, 0.5) is 11.4 Å². The lowest BCUT2D eigenvalue weighted by Crippen LogP contribution is -2.18. The number of carbonyl (C=O) groups is 3. The summed E-state index contributed by atoms with van der Waals surface area (Å²) < 4.78 is 12.9. The number of allylic oxidation sites excluding steroid dienone is 1. The third-order valence-corrected chi connectivity index (χ3v) is 7.31. The van der Waals surface area contributed by atoms with E-state index in [1.54, 1.807) is 23.6 Å². The Bertz CT molecular complexity index is 1870. The van der Waals surface area contributed by atoms with Crippen molar-refractivity contribution < 1.29 is 28.5 Å². The summed E-state index contributed by atoms with van der Waals surface area (Å²) in [5.74, 6) is -1.73. The molecule has 0 bridgehead atoms. The first kappa shape index (κ1) is 32.5. The topological polar surface area (TPSA) is 237 Å². The number of fused-ring (bicyclic) bond motifs is 1. The second kappa shape index (κ2) is 14.3. The number of primary amides is 2. The lowest BCUT2D eigenvalue weighted by atomic mass is 10.1. The van der Waals surface area contributed by atoms with Gasteiger partial charge in [0.1, 0.15) is 11.4 Å². The quantitative estimate of drug-likeness (QED) is 0.0786. The Hall–Kier alpha value is -5.45. The number of hydrogen-bond acceptors (Lipinski definition) is 12. The Morgan fingerprint density at radius 1 is 1.20 bits per heavy atom. The van der Waals surface area contributed by atoms with Crippen LogP contribution in [-0.2, 0) is 13.0 Å². The summed E-state index contributed by atoms with van der Waals surface area (Å²) >= 11 is 1.03.